The summed E-state index contributed by atoms with van der Waals surface area (Å²) in [5, 5.41) is 0. The fraction of sp³-hybridized carbons (Fsp3) is 0.111. The second kappa shape index (κ2) is 9.26. The van der Waals surface area contributed by atoms with E-state index in [1.807, 2.05) is 85.1 Å². The van der Waals surface area contributed by atoms with Crippen molar-refractivity contribution in [2.75, 3.05) is 6.61 Å². The third-order valence-electron chi connectivity index (χ3n) is 5.12. The first-order valence-electron chi connectivity index (χ1n) is 10.3. The first-order valence-corrected chi connectivity index (χ1v) is 10.3. The van der Waals surface area contributed by atoms with Gasteiger partial charge in [-0.05, 0) is 42.2 Å². The number of benzene rings is 3. The number of ether oxygens (including phenoxy) is 1. The number of esters is 1. The molecule has 0 atom stereocenters. The molecular formula is C27H23NO3. The van der Waals surface area contributed by atoms with Gasteiger partial charge in [0, 0.05) is 11.8 Å². The summed E-state index contributed by atoms with van der Waals surface area (Å²) in [4.78, 5) is 28.9. The lowest BCUT2D eigenvalue weighted by molar-refractivity contribution is 0.0526. The molecule has 0 spiro atoms. The SMILES string of the molecule is CCOC(=O)c1cccc(Cc2c[nH]c(-c3ccccc3)c2C(=O)c2ccccc2)c1. The van der Waals surface area contributed by atoms with Gasteiger partial charge < -0.3 is 9.72 Å². The zero-order valence-electron chi connectivity index (χ0n) is 17.3. The third-order valence-corrected chi connectivity index (χ3v) is 5.12. The predicted octanol–water partition coefficient (Wildman–Crippen LogP) is 5.68. The van der Waals surface area contributed by atoms with Crippen LogP contribution in [0.25, 0.3) is 11.3 Å². The molecule has 0 aliphatic heterocycles. The Morgan fingerprint density at radius 1 is 0.839 bits per heavy atom. The number of H-pyrrole nitrogens is 1. The molecule has 31 heavy (non-hydrogen) atoms. The summed E-state index contributed by atoms with van der Waals surface area (Å²) in [6.07, 6.45) is 2.40. The molecule has 0 saturated carbocycles. The summed E-state index contributed by atoms with van der Waals surface area (Å²) in [5.41, 5.74) is 5.37. The highest BCUT2D eigenvalue weighted by molar-refractivity contribution is 6.13. The molecule has 0 aliphatic carbocycles. The fourth-order valence-corrected chi connectivity index (χ4v) is 3.67. The fourth-order valence-electron chi connectivity index (χ4n) is 3.67. The molecule has 4 heteroatoms. The molecule has 154 valence electrons. The lowest BCUT2D eigenvalue weighted by Crippen LogP contribution is -2.07. The van der Waals surface area contributed by atoms with Gasteiger partial charge in [0.15, 0.2) is 5.78 Å². The summed E-state index contributed by atoms with van der Waals surface area (Å²) in [6, 6.07) is 26.5. The van der Waals surface area contributed by atoms with Gasteiger partial charge in [0.25, 0.3) is 0 Å². The summed E-state index contributed by atoms with van der Waals surface area (Å²) in [7, 11) is 0. The van der Waals surface area contributed by atoms with Crippen LogP contribution in [0.3, 0.4) is 0 Å². The molecule has 0 amide bonds. The smallest absolute Gasteiger partial charge is 0.338 e. The molecule has 0 unspecified atom stereocenters. The van der Waals surface area contributed by atoms with Crippen molar-refractivity contribution in [3.63, 3.8) is 0 Å². The van der Waals surface area contributed by atoms with Gasteiger partial charge in [0.2, 0.25) is 0 Å². The molecule has 4 nitrogen and oxygen atoms in total. The first kappa shape index (κ1) is 20.4. The first-order chi connectivity index (χ1) is 15.2. The molecule has 0 radical (unpaired) electrons. The molecule has 1 aromatic heterocycles. The van der Waals surface area contributed by atoms with E-state index in [0.717, 1.165) is 22.4 Å². The number of rotatable bonds is 7. The molecule has 3 aromatic carbocycles. The van der Waals surface area contributed by atoms with Gasteiger partial charge in [-0.25, -0.2) is 4.79 Å². The Kier molecular flexibility index (Phi) is 6.08. The average molecular weight is 409 g/mol. The minimum absolute atomic E-state index is 0.0303. The van der Waals surface area contributed by atoms with Crippen molar-refractivity contribution in [3.8, 4) is 11.3 Å². The minimum Gasteiger partial charge on any atom is -0.462 e. The Bertz CT molecular complexity index is 1190. The van der Waals surface area contributed by atoms with E-state index in [1.165, 1.54) is 0 Å². The zero-order valence-corrected chi connectivity index (χ0v) is 17.3. The highest BCUT2D eigenvalue weighted by atomic mass is 16.5. The number of hydrogen-bond donors (Lipinski definition) is 1. The summed E-state index contributed by atoms with van der Waals surface area (Å²) in [5.74, 6) is -0.374. The lowest BCUT2D eigenvalue weighted by atomic mass is 9.93. The van der Waals surface area contributed by atoms with Gasteiger partial charge in [0.05, 0.1) is 23.4 Å². The van der Waals surface area contributed by atoms with E-state index in [4.69, 9.17) is 4.74 Å². The van der Waals surface area contributed by atoms with E-state index in [9.17, 15) is 9.59 Å². The van der Waals surface area contributed by atoms with Crippen molar-refractivity contribution in [2.24, 2.45) is 0 Å². The molecule has 0 saturated heterocycles. The second-order valence-corrected chi connectivity index (χ2v) is 7.22. The van der Waals surface area contributed by atoms with Crippen molar-refractivity contribution in [2.45, 2.75) is 13.3 Å². The van der Waals surface area contributed by atoms with Crippen molar-refractivity contribution in [1.82, 2.24) is 4.98 Å². The molecule has 0 bridgehead atoms. The van der Waals surface area contributed by atoms with Crippen molar-refractivity contribution in [3.05, 3.63) is 119 Å². The number of ketones is 1. The normalized spacial score (nSPS) is 10.6. The van der Waals surface area contributed by atoms with Crippen molar-refractivity contribution < 1.29 is 14.3 Å². The van der Waals surface area contributed by atoms with Crippen LogP contribution in [-0.2, 0) is 11.2 Å². The van der Waals surface area contributed by atoms with Crippen LogP contribution in [0, 0.1) is 0 Å². The Morgan fingerprint density at radius 2 is 1.52 bits per heavy atom. The van der Waals surface area contributed by atoms with E-state index < -0.39 is 0 Å². The van der Waals surface area contributed by atoms with Gasteiger partial charge in [-0.2, -0.15) is 0 Å². The molecule has 1 heterocycles. The maximum atomic E-state index is 13.5. The number of carbonyl (C=O) groups excluding carboxylic acids is 2. The Balaban J connectivity index is 1.75. The number of aromatic nitrogens is 1. The van der Waals surface area contributed by atoms with Crippen molar-refractivity contribution in [1.29, 1.82) is 0 Å². The predicted molar refractivity (Wildman–Crippen MR) is 121 cm³/mol. The summed E-state index contributed by atoms with van der Waals surface area (Å²) < 4.78 is 5.12. The molecule has 0 fully saturated rings. The monoisotopic (exact) mass is 409 g/mol. The number of nitrogens with one attached hydrogen (secondary N) is 1. The third kappa shape index (κ3) is 4.48. The maximum absolute atomic E-state index is 13.5. The lowest BCUT2D eigenvalue weighted by Gasteiger charge is -2.09. The standard InChI is InChI=1S/C27H23NO3/c1-2-31-27(30)22-15-9-10-19(16-22)17-23-18-28-25(20-11-5-3-6-12-20)24(23)26(29)21-13-7-4-8-14-21/h3-16,18,28H,2,17H2,1H3. The molecule has 0 aliphatic rings. The van der Waals surface area contributed by atoms with Crippen LogP contribution in [0.15, 0.2) is 91.1 Å². The van der Waals surface area contributed by atoms with Gasteiger partial charge in [-0.15, -0.1) is 0 Å². The molecular weight excluding hydrogens is 386 g/mol. The van der Waals surface area contributed by atoms with Gasteiger partial charge in [-0.3, -0.25) is 4.79 Å². The maximum Gasteiger partial charge on any atom is 0.338 e. The molecule has 1 N–H and O–H groups in total. The second-order valence-electron chi connectivity index (χ2n) is 7.22. The highest BCUT2D eigenvalue weighted by Crippen LogP contribution is 2.29. The quantitative estimate of drug-likeness (QED) is 0.316. The summed E-state index contributed by atoms with van der Waals surface area (Å²) in [6.45, 7) is 2.12. The van der Waals surface area contributed by atoms with E-state index >= 15 is 0 Å². The van der Waals surface area contributed by atoms with Crippen LogP contribution in [0.2, 0.25) is 0 Å². The van der Waals surface area contributed by atoms with E-state index in [0.29, 0.717) is 29.7 Å². The van der Waals surface area contributed by atoms with E-state index in [-0.39, 0.29) is 11.8 Å². The Labute approximate surface area is 181 Å². The van der Waals surface area contributed by atoms with Crippen LogP contribution in [0.4, 0.5) is 0 Å². The molecule has 4 rings (SSSR count). The summed E-state index contributed by atoms with van der Waals surface area (Å²) >= 11 is 0. The zero-order chi connectivity index (χ0) is 21.6. The topological polar surface area (TPSA) is 59.2 Å². The largest absolute Gasteiger partial charge is 0.462 e. The van der Waals surface area contributed by atoms with Crippen LogP contribution in [-0.4, -0.2) is 23.3 Å². The van der Waals surface area contributed by atoms with Crippen LogP contribution in [0.5, 0.6) is 0 Å². The van der Waals surface area contributed by atoms with Gasteiger partial charge in [0.1, 0.15) is 0 Å². The van der Waals surface area contributed by atoms with Crippen LogP contribution >= 0.6 is 0 Å². The van der Waals surface area contributed by atoms with Gasteiger partial charge in [-0.1, -0.05) is 72.8 Å². The number of aromatic amines is 1. The van der Waals surface area contributed by atoms with Gasteiger partial charge >= 0.3 is 5.97 Å². The van der Waals surface area contributed by atoms with E-state index in [2.05, 4.69) is 4.98 Å². The number of carbonyl (C=O) groups is 2. The van der Waals surface area contributed by atoms with Crippen molar-refractivity contribution >= 4 is 11.8 Å². The van der Waals surface area contributed by atoms with Crippen LogP contribution in [0.1, 0.15) is 44.3 Å². The Morgan fingerprint density at radius 3 is 2.23 bits per heavy atom. The van der Waals surface area contributed by atoms with Crippen LogP contribution < -0.4 is 0 Å². The highest BCUT2D eigenvalue weighted by Gasteiger charge is 2.21. The minimum atomic E-state index is -0.344. The molecule has 4 aromatic rings. The Hall–Kier alpha value is -3.92. The van der Waals surface area contributed by atoms with E-state index in [1.54, 1.807) is 13.0 Å². The number of hydrogen-bond acceptors (Lipinski definition) is 3. The average Bonchev–Trinajstić information content (AvgIpc) is 3.23.